The summed E-state index contributed by atoms with van der Waals surface area (Å²) >= 11 is 1.15. The average molecular weight is 449 g/mol. The Hall–Kier alpha value is -3.98. The van der Waals surface area contributed by atoms with E-state index < -0.39 is 5.91 Å². The van der Waals surface area contributed by atoms with Crippen LogP contribution in [0.25, 0.3) is 0 Å². The minimum Gasteiger partial charge on any atom is -0.486 e. The number of anilines is 1. The van der Waals surface area contributed by atoms with Crippen LogP contribution >= 0.6 is 11.3 Å². The lowest BCUT2D eigenvalue weighted by Crippen LogP contribution is -2.22. The second-order valence-electron chi connectivity index (χ2n) is 6.90. The van der Waals surface area contributed by atoms with Crippen molar-refractivity contribution in [3.05, 3.63) is 93.8 Å². The van der Waals surface area contributed by atoms with Gasteiger partial charge in [0.05, 0.1) is 12.8 Å². The van der Waals surface area contributed by atoms with Crippen LogP contribution in [0.15, 0.2) is 71.3 Å². The molecule has 0 aliphatic carbocycles. The van der Waals surface area contributed by atoms with Crippen LogP contribution in [0.3, 0.4) is 0 Å². The molecular formula is C23H20N4O4S. The predicted molar refractivity (Wildman–Crippen MR) is 120 cm³/mol. The summed E-state index contributed by atoms with van der Waals surface area (Å²) in [6, 6.07) is 17.9. The Morgan fingerprint density at radius 3 is 2.66 bits per heavy atom. The maximum absolute atomic E-state index is 12.5. The van der Waals surface area contributed by atoms with E-state index in [9.17, 15) is 9.59 Å². The van der Waals surface area contributed by atoms with Crippen molar-refractivity contribution in [2.45, 2.75) is 20.1 Å². The Labute approximate surface area is 188 Å². The zero-order valence-corrected chi connectivity index (χ0v) is 18.0. The van der Waals surface area contributed by atoms with Crippen molar-refractivity contribution in [1.29, 1.82) is 0 Å². The highest BCUT2D eigenvalue weighted by Gasteiger charge is 2.15. The first kappa shape index (κ1) is 21.3. The highest BCUT2D eigenvalue weighted by Crippen LogP contribution is 2.18. The summed E-state index contributed by atoms with van der Waals surface area (Å²) in [4.78, 5) is 24.9. The fourth-order valence-electron chi connectivity index (χ4n) is 2.79. The molecule has 0 atom stereocenters. The molecule has 0 saturated heterocycles. The van der Waals surface area contributed by atoms with Gasteiger partial charge in [0.15, 0.2) is 5.01 Å². The first-order valence-corrected chi connectivity index (χ1v) is 10.6. The van der Waals surface area contributed by atoms with Crippen LogP contribution in [-0.4, -0.2) is 22.0 Å². The summed E-state index contributed by atoms with van der Waals surface area (Å²) < 4.78 is 10.9. The van der Waals surface area contributed by atoms with E-state index in [0.717, 1.165) is 22.6 Å². The highest BCUT2D eigenvalue weighted by molar-refractivity contribution is 7.13. The molecule has 2 heterocycles. The van der Waals surface area contributed by atoms with Gasteiger partial charge in [0.1, 0.15) is 18.1 Å². The van der Waals surface area contributed by atoms with E-state index in [0.29, 0.717) is 22.0 Å². The molecule has 0 aliphatic heterocycles. The Morgan fingerprint density at radius 2 is 1.88 bits per heavy atom. The number of hydrogen-bond acceptors (Lipinski definition) is 7. The number of benzene rings is 2. The third-order valence-corrected chi connectivity index (χ3v) is 5.33. The van der Waals surface area contributed by atoms with Gasteiger partial charge in [-0.15, -0.1) is 10.2 Å². The molecule has 162 valence electrons. The Kier molecular flexibility index (Phi) is 6.57. The number of aromatic nitrogens is 2. The van der Waals surface area contributed by atoms with Crippen molar-refractivity contribution >= 4 is 28.8 Å². The van der Waals surface area contributed by atoms with E-state index in [2.05, 4.69) is 20.8 Å². The third-order valence-electron chi connectivity index (χ3n) is 4.43. The summed E-state index contributed by atoms with van der Waals surface area (Å²) in [6.45, 7) is 2.50. The lowest BCUT2D eigenvalue weighted by atomic mass is 10.2. The van der Waals surface area contributed by atoms with Crippen molar-refractivity contribution in [1.82, 2.24) is 15.5 Å². The first-order valence-electron chi connectivity index (χ1n) is 9.81. The van der Waals surface area contributed by atoms with Gasteiger partial charge in [-0.05, 0) is 49.4 Å². The standard InChI is InChI=1S/C23H20N4O4S/c1-15-7-9-18(10-8-15)31-14-20-26-27-23(32-20)22(29)25-17-5-2-4-16(12-17)21(28)24-13-19-6-3-11-30-19/h2-12H,13-14H2,1H3,(H,24,28)(H,25,29). The van der Waals surface area contributed by atoms with E-state index >= 15 is 0 Å². The van der Waals surface area contributed by atoms with Crippen LogP contribution in [0.5, 0.6) is 5.75 Å². The molecule has 2 aromatic carbocycles. The van der Waals surface area contributed by atoms with Gasteiger partial charge in [-0.2, -0.15) is 0 Å². The van der Waals surface area contributed by atoms with Gasteiger partial charge >= 0.3 is 0 Å². The van der Waals surface area contributed by atoms with Crippen LogP contribution in [-0.2, 0) is 13.2 Å². The molecule has 0 spiro atoms. The molecule has 9 heteroatoms. The number of carbonyl (C=O) groups is 2. The number of hydrogen-bond donors (Lipinski definition) is 2. The molecule has 0 fully saturated rings. The van der Waals surface area contributed by atoms with Crippen LogP contribution in [0.1, 0.15) is 36.5 Å². The quantitative estimate of drug-likeness (QED) is 0.418. The van der Waals surface area contributed by atoms with Crippen LogP contribution in [0.2, 0.25) is 0 Å². The Balaban J connectivity index is 1.33. The molecule has 2 aromatic heterocycles. The third kappa shape index (κ3) is 5.58. The summed E-state index contributed by atoms with van der Waals surface area (Å²) in [7, 11) is 0. The molecule has 32 heavy (non-hydrogen) atoms. The number of carbonyl (C=O) groups excluding carboxylic acids is 2. The zero-order chi connectivity index (χ0) is 22.3. The van der Waals surface area contributed by atoms with E-state index in [4.69, 9.17) is 9.15 Å². The Bertz CT molecular complexity index is 1200. The van der Waals surface area contributed by atoms with Crippen molar-refractivity contribution < 1.29 is 18.7 Å². The van der Waals surface area contributed by atoms with Gasteiger partial charge in [0.25, 0.3) is 11.8 Å². The SMILES string of the molecule is Cc1ccc(OCc2nnc(C(=O)Nc3cccc(C(=O)NCc4ccco4)c3)s2)cc1. The summed E-state index contributed by atoms with van der Waals surface area (Å²) in [6.07, 6.45) is 1.55. The molecule has 8 nitrogen and oxygen atoms in total. The first-order chi connectivity index (χ1) is 15.6. The number of nitrogens with zero attached hydrogens (tertiary/aromatic N) is 2. The highest BCUT2D eigenvalue weighted by atomic mass is 32.1. The molecule has 0 unspecified atom stereocenters. The van der Waals surface area contributed by atoms with Crippen LogP contribution < -0.4 is 15.4 Å². The van der Waals surface area contributed by atoms with Gasteiger partial charge in [0, 0.05) is 11.3 Å². The number of nitrogens with one attached hydrogen (secondary N) is 2. The minimum atomic E-state index is -0.405. The maximum Gasteiger partial charge on any atom is 0.286 e. The number of amides is 2. The average Bonchev–Trinajstić information content (AvgIpc) is 3.49. The minimum absolute atomic E-state index is 0.209. The lowest BCUT2D eigenvalue weighted by Gasteiger charge is -2.07. The summed E-state index contributed by atoms with van der Waals surface area (Å²) in [5.41, 5.74) is 2.04. The van der Waals surface area contributed by atoms with Crippen molar-refractivity contribution in [3.63, 3.8) is 0 Å². The lowest BCUT2D eigenvalue weighted by molar-refractivity contribution is 0.0946. The summed E-state index contributed by atoms with van der Waals surface area (Å²) in [5, 5.41) is 14.3. The number of rotatable bonds is 8. The van der Waals surface area contributed by atoms with E-state index in [1.807, 2.05) is 31.2 Å². The fourth-order valence-corrected chi connectivity index (χ4v) is 3.44. The number of aryl methyl sites for hydroxylation is 1. The second kappa shape index (κ2) is 9.88. The second-order valence-corrected chi connectivity index (χ2v) is 7.96. The Morgan fingerprint density at radius 1 is 1.03 bits per heavy atom. The maximum atomic E-state index is 12.5. The van der Waals surface area contributed by atoms with E-state index in [1.165, 1.54) is 0 Å². The van der Waals surface area contributed by atoms with Crippen molar-refractivity contribution in [2.75, 3.05) is 5.32 Å². The van der Waals surface area contributed by atoms with Crippen LogP contribution in [0, 0.1) is 6.92 Å². The molecule has 0 saturated carbocycles. The molecule has 2 N–H and O–H groups in total. The number of furan rings is 1. The zero-order valence-electron chi connectivity index (χ0n) is 17.2. The molecule has 2 amide bonds. The molecule has 4 aromatic rings. The van der Waals surface area contributed by atoms with E-state index in [1.54, 1.807) is 42.7 Å². The van der Waals surface area contributed by atoms with E-state index in [-0.39, 0.29) is 24.1 Å². The molecule has 4 rings (SSSR count). The van der Waals surface area contributed by atoms with Gasteiger partial charge in [-0.1, -0.05) is 35.1 Å². The largest absolute Gasteiger partial charge is 0.486 e. The van der Waals surface area contributed by atoms with Gasteiger partial charge in [0.2, 0.25) is 5.01 Å². The molecule has 0 bridgehead atoms. The van der Waals surface area contributed by atoms with Gasteiger partial charge < -0.3 is 19.8 Å². The number of ether oxygens (including phenoxy) is 1. The summed E-state index contributed by atoms with van der Waals surface area (Å²) in [5.74, 6) is 0.696. The normalized spacial score (nSPS) is 10.5. The predicted octanol–water partition coefficient (Wildman–Crippen LogP) is 4.20. The van der Waals surface area contributed by atoms with Gasteiger partial charge in [-0.25, -0.2) is 0 Å². The smallest absolute Gasteiger partial charge is 0.286 e. The molecular weight excluding hydrogens is 428 g/mol. The molecule has 0 radical (unpaired) electrons. The fraction of sp³-hybridized carbons (Fsp3) is 0.130. The van der Waals surface area contributed by atoms with Crippen LogP contribution in [0.4, 0.5) is 5.69 Å². The topological polar surface area (TPSA) is 106 Å². The van der Waals surface area contributed by atoms with Crippen molar-refractivity contribution in [3.8, 4) is 5.75 Å². The molecule has 0 aliphatic rings. The van der Waals surface area contributed by atoms with Gasteiger partial charge in [-0.3, -0.25) is 9.59 Å². The monoisotopic (exact) mass is 448 g/mol. The van der Waals surface area contributed by atoms with Crippen molar-refractivity contribution in [2.24, 2.45) is 0 Å².